The van der Waals surface area contributed by atoms with E-state index in [1.165, 1.54) is 43.3 Å². The maximum Gasteiger partial charge on any atom is 0.223 e. The summed E-state index contributed by atoms with van der Waals surface area (Å²) in [4.78, 5) is 0. The third-order valence-corrected chi connectivity index (χ3v) is 9.97. The smallest absolute Gasteiger partial charge is 0.223 e. The molecule has 0 radical (unpaired) electrons. The van der Waals surface area contributed by atoms with E-state index in [1.54, 1.807) is 5.57 Å². The SMILES string of the molecule is CC(C)CC(C1=CC=C(OC(OC23CC4CC2CC4C3)C2=CC=C3C=CC=CC3C2)CC1)C(C)C. The van der Waals surface area contributed by atoms with Gasteiger partial charge < -0.3 is 9.47 Å². The van der Waals surface area contributed by atoms with Crippen molar-refractivity contribution in [3.05, 3.63) is 71.1 Å². The van der Waals surface area contributed by atoms with Crippen molar-refractivity contribution in [3.8, 4) is 0 Å². The van der Waals surface area contributed by atoms with Crippen LogP contribution in [0.3, 0.4) is 0 Å². The van der Waals surface area contributed by atoms with Gasteiger partial charge in [-0.1, -0.05) is 75.8 Å². The van der Waals surface area contributed by atoms with Gasteiger partial charge in [0.1, 0.15) is 5.76 Å². The lowest BCUT2D eigenvalue weighted by Gasteiger charge is -2.37. The Morgan fingerprint density at radius 3 is 2.31 bits per heavy atom. The van der Waals surface area contributed by atoms with Crippen LogP contribution in [0.25, 0.3) is 0 Å². The van der Waals surface area contributed by atoms with Crippen molar-refractivity contribution in [2.45, 2.75) is 91.0 Å². The molecule has 5 atom stereocenters. The predicted molar refractivity (Wildman–Crippen MR) is 143 cm³/mol. The Morgan fingerprint density at radius 1 is 0.914 bits per heavy atom. The van der Waals surface area contributed by atoms with Crippen LogP contribution in [0.1, 0.15) is 79.1 Å². The van der Waals surface area contributed by atoms with E-state index in [-0.39, 0.29) is 11.9 Å². The van der Waals surface area contributed by atoms with Crippen LogP contribution in [0.4, 0.5) is 0 Å². The standard InChI is InChI=1S/C33H44O2/c1-21(2)15-31(22(3)4)24-11-13-30(14-12-24)34-32(26-10-9-23-7-5-6-8-25(23)16-26)35-33-19-27-17-29(33)18-28(27)20-33/h5-11,13,21-22,25,27-29,31-32H,12,14-20H2,1-4H3. The molecule has 7 rings (SSSR count). The second-order valence-electron chi connectivity index (χ2n) is 13.0. The lowest BCUT2D eigenvalue weighted by molar-refractivity contribution is -0.183. The molecule has 5 unspecified atom stereocenters. The molecule has 0 N–H and O–H groups in total. The summed E-state index contributed by atoms with van der Waals surface area (Å²) in [7, 11) is 0. The summed E-state index contributed by atoms with van der Waals surface area (Å²) in [6, 6.07) is 0. The molecule has 4 saturated carbocycles. The summed E-state index contributed by atoms with van der Waals surface area (Å²) in [6.45, 7) is 9.45. The molecule has 35 heavy (non-hydrogen) atoms. The normalized spacial score (nSPS) is 36.3. The maximum atomic E-state index is 7.11. The number of hydrogen-bond acceptors (Lipinski definition) is 2. The summed E-state index contributed by atoms with van der Waals surface area (Å²) >= 11 is 0. The Balaban J connectivity index is 1.23. The van der Waals surface area contributed by atoms with Gasteiger partial charge in [0.05, 0.1) is 5.60 Å². The second-order valence-corrected chi connectivity index (χ2v) is 13.0. The van der Waals surface area contributed by atoms with E-state index in [0.29, 0.717) is 17.8 Å². The molecule has 0 aromatic heterocycles. The highest BCUT2D eigenvalue weighted by molar-refractivity contribution is 5.41. The van der Waals surface area contributed by atoms with Gasteiger partial charge in [-0.25, -0.2) is 0 Å². The molecule has 2 heteroatoms. The predicted octanol–water partition coefficient (Wildman–Crippen LogP) is 8.46. The molecular formula is C33H44O2. The lowest BCUT2D eigenvalue weighted by Crippen LogP contribution is -2.38. The number of allylic oxidation sites excluding steroid dienone is 11. The zero-order valence-corrected chi connectivity index (χ0v) is 22.2. The quantitative estimate of drug-likeness (QED) is 0.313. The fourth-order valence-electron chi connectivity index (χ4n) is 8.23. The Hall–Kier alpha value is -1.80. The van der Waals surface area contributed by atoms with Gasteiger partial charge >= 0.3 is 0 Å². The highest BCUT2D eigenvalue weighted by Crippen LogP contribution is 2.67. The zero-order chi connectivity index (χ0) is 24.2. The van der Waals surface area contributed by atoms with E-state index in [9.17, 15) is 0 Å². The first-order chi connectivity index (χ1) is 16.9. The van der Waals surface area contributed by atoms with Crippen LogP contribution < -0.4 is 0 Å². The van der Waals surface area contributed by atoms with E-state index < -0.39 is 0 Å². The van der Waals surface area contributed by atoms with Gasteiger partial charge in [-0.15, -0.1) is 0 Å². The molecule has 0 aliphatic heterocycles. The molecular weight excluding hydrogens is 428 g/mol. The van der Waals surface area contributed by atoms with Gasteiger partial charge in [-0.3, -0.25) is 0 Å². The van der Waals surface area contributed by atoms with E-state index >= 15 is 0 Å². The fraction of sp³-hybridized carbons (Fsp3) is 0.636. The van der Waals surface area contributed by atoms with Crippen LogP contribution in [0, 0.1) is 41.4 Å². The van der Waals surface area contributed by atoms with E-state index in [0.717, 1.165) is 48.7 Å². The zero-order valence-electron chi connectivity index (χ0n) is 22.2. The average Bonchev–Trinajstić information content (AvgIpc) is 3.57. The van der Waals surface area contributed by atoms with Crippen LogP contribution in [-0.4, -0.2) is 11.9 Å². The Bertz CT molecular complexity index is 1000. The second kappa shape index (κ2) is 9.25. The van der Waals surface area contributed by atoms with Crippen LogP contribution in [-0.2, 0) is 9.47 Å². The Kier molecular flexibility index (Phi) is 6.24. The van der Waals surface area contributed by atoms with Gasteiger partial charge in [0.15, 0.2) is 0 Å². The number of hydrogen-bond donors (Lipinski definition) is 0. The number of fused-ring (bicyclic) bond motifs is 1. The van der Waals surface area contributed by atoms with E-state index in [2.05, 4.69) is 76.3 Å². The Labute approximate surface area is 212 Å². The minimum Gasteiger partial charge on any atom is -0.465 e. The van der Waals surface area contributed by atoms with E-state index in [1.807, 2.05) is 0 Å². The van der Waals surface area contributed by atoms with Crippen LogP contribution >= 0.6 is 0 Å². The molecule has 0 aromatic rings. The van der Waals surface area contributed by atoms with Crippen molar-refractivity contribution >= 4 is 0 Å². The van der Waals surface area contributed by atoms with E-state index in [4.69, 9.17) is 9.47 Å². The Morgan fingerprint density at radius 2 is 1.69 bits per heavy atom. The van der Waals surface area contributed by atoms with Gasteiger partial charge in [0, 0.05) is 12.3 Å². The summed E-state index contributed by atoms with van der Waals surface area (Å²) in [5.41, 5.74) is 4.40. The van der Waals surface area contributed by atoms with Crippen molar-refractivity contribution in [1.29, 1.82) is 0 Å². The van der Waals surface area contributed by atoms with Gasteiger partial charge in [-0.05, 0) is 97.7 Å². The van der Waals surface area contributed by atoms with Crippen molar-refractivity contribution in [2.24, 2.45) is 41.4 Å². The molecule has 4 fully saturated rings. The van der Waals surface area contributed by atoms with Crippen molar-refractivity contribution in [3.63, 3.8) is 0 Å². The monoisotopic (exact) mass is 472 g/mol. The molecule has 188 valence electrons. The molecule has 0 spiro atoms. The lowest BCUT2D eigenvalue weighted by atomic mass is 9.79. The molecule has 2 nitrogen and oxygen atoms in total. The molecule has 4 bridgehead atoms. The molecule has 7 aliphatic rings. The number of rotatable bonds is 9. The first-order valence-electron chi connectivity index (χ1n) is 14.4. The summed E-state index contributed by atoms with van der Waals surface area (Å²) in [5.74, 6) is 6.23. The molecule has 0 aromatic carbocycles. The minimum absolute atomic E-state index is 0.0728. The molecule has 0 heterocycles. The van der Waals surface area contributed by atoms with Gasteiger partial charge in [0.2, 0.25) is 6.29 Å². The third-order valence-electron chi connectivity index (χ3n) is 9.97. The van der Waals surface area contributed by atoms with Crippen molar-refractivity contribution < 1.29 is 9.47 Å². The molecule has 7 aliphatic carbocycles. The van der Waals surface area contributed by atoms with Gasteiger partial charge in [0.25, 0.3) is 0 Å². The van der Waals surface area contributed by atoms with Crippen LogP contribution in [0.15, 0.2) is 71.1 Å². The largest absolute Gasteiger partial charge is 0.465 e. The molecule has 0 amide bonds. The first kappa shape index (κ1) is 23.6. The fourth-order valence-corrected chi connectivity index (χ4v) is 8.23. The topological polar surface area (TPSA) is 18.5 Å². The van der Waals surface area contributed by atoms with Gasteiger partial charge in [-0.2, -0.15) is 0 Å². The van der Waals surface area contributed by atoms with Crippen LogP contribution in [0.5, 0.6) is 0 Å². The van der Waals surface area contributed by atoms with Crippen molar-refractivity contribution in [2.75, 3.05) is 0 Å². The maximum absolute atomic E-state index is 7.11. The number of ether oxygens (including phenoxy) is 2. The minimum atomic E-state index is -0.247. The summed E-state index contributed by atoms with van der Waals surface area (Å²) < 4.78 is 13.9. The van der Waals surface area contributed by atoms with Crippen molar-refractivity contribution in [1.82, 2.24) is 0 Å². The average molecular weight is 473 g/mol. The van der Waals surface area contributed by atoms with Crippen LogP contribution in [0.2, 0.25) is 0 Å². The first-order valence-corrected chi connectivity index (χ1v) is 14.4. The summed E-state index contributed by atoms with van der Waals surface area (Å²) in [6.07, 6.45) is 27.6. The highest BCUT2D eigenvalue weighted by atomic mass is 16.7. The molecule has 0 saturated heterocycles. The highest BCUT2D eigenvalue weighted by Gasteiger charge is 2.64. The summed E-state index contributed by atoms with van der Waals surface area (Å²) in [5, 5.41) is 0. The third kappa shape index (κ3) is 4.45.